The number of hydrogen-bond donors (Lipinski definition) is 0. The van der Waals surface area contributed by atoms with Crippen molar-refractivity contribution in [3.05, 3.63) is 53.2 Å². The fraction of sp³-hybridized carbons (Fsp3) is 0.308. The SMILES string of the molecule is Cc1nccn1CCCn1ncn2cccc2c1=O. The maximum atomic E-state index is 12.1. The van der Waals surface area contributed by atoms with Crippen molar-refractivity contribution in [1.29, 1.82) is 0 Å². The molecular formula is C13H15N5O. The second-order valence-corrected chi connectivity index (χ2v) is 4.48. The van der Waals surface area contributed by atoms with E-state index in [1.807, 2.05) is 25.4 Å². The first-order valence-corrected chi connectivity index (χ1v) is 6.26. The summed E-state index contributed by atoms with van der Waals surface area (Å²) in [4.78, 5) is 16.3. The van der Waals surface area contributed by atoms with Crippen LogP contribution in [0.1, 0.15) is 12.2 Å². The van der Waals surface area contributed by atoms with Gasteiger partial charge < -0.3 is 8.97 Å². The molecule has 3 heterocycles. The largest absolute Gasteiger partial charge is 0.335 e. The highest BCUT2D eigenvalue weighted by molar-refractivity contribution is 5.43. The van der Waals surface area contributed by atoms with Crippen molar-refractivity contribution in [3.63, 3.8) is 0 Å². The fourth-order valence-corrected chi connectivity index (χ4v) is 2.17. The highest BCUT2D eigenvalue weighted by Gasteiger charge is 2.03. The van der Waals surface area contributed by atoms with Gasteiger partial charge in [0.15, 0.2) is 0 Å². The topological polar surface area (TPSA) is 57.1 Å². The zero-order valence-corrected chi connectivity index (χ0v) is 10.7. The van der Waals surface area contributed by atoms with Crippen LogP contribution in [0.25, 0.3) is 5.52 Å². The fourth-order valence-electron chi connectivity index (χ4n) is 2.17. The molecule has 3 aromatic heterocycles. The van der Waals surface area contributed by atoms with E-state index >= 15 is 0 Å². The van der Waals surface area contributed by atoms with Crippen LogP contribution in [0.3, 0.4) is 0 Å². The van der Waals surface area contributed by atoms with Gasteiger partial charge in [-0.05, 0) is 25.5 Å². The predicted molar refractivity (Wildman–Crippen MR) is 71.0 cm³/mol. The predicted octanol–water partition coefficient (Wildman–Crippen LogP) is 1.09. The molecule has 0 N–H and O–H groups in total. The van der Waals surface area contributed by atoms with E-state index in [4.69, 9.17) is 0 Å². The number of nitrogens with zero attached hydrogens (tertiary/aromatic N) is 5. The number of aryl methyl sites for hydroxylation is 3. The second kappa shape index (κ2) is 4.72. The van der Waals surface area contributed by atoms with Crippen LogP contribution in [-0.4, -0.2) is 23.7 Å². The van der Waals surface area contributed by atoms with Crippen LogP contribution in [0.4, 0.5) is 0 Å². The third-order valence-corrected chi connectivity index (χ3v) is 3.24. The van der Waals surface area contributed by atoms with Gasteiger partial charge in [0.2, 0.25) is 0 Å². The summed E-state index contributed by atoms with van der Waals surface area (Å²) < 4.78 is 5.32. The molecule has 98 valence electrons. The molecule has 0 saturated heterocycles. The molecule has 3 aromatic rings. The van der Waals surface area contributed by atoms with E-state index in [0.29, 0.717) is 12.1 Å². The number of fused-ring (bicyclic) bond motifs is 1. The molecule has 0 radical (unpaired) electrons. The summed E-state index contributed by atoms with van der Waals surface area (Å²) in [5.41, 5.74) is 0.615. The van der Waals surface area contributed by atoms with Crippen LogP contribution in [-0.2, 0) is 13.1 Å². The second-order valence-electron chi connectivity index (χ2n) is 4.48. The maximum absolute atomic E-state index is 12.1. The van der Waals surface area contributed by atoms with Crippen molar-refractivity contribution in [2.45, 2.75) is 26.4 Å². The zero-order valence-electron chi connectivity index (χ0n) is 10.7. The normalized spacial score (nSPS) is 11.2. The molecule has 0 aliphatic carbocycles. The monoisotopic (exact) mass is 257 g/mol. The Labute approximate surface area is 109 Å². The third-order valence-electron chi connectivity index (χ3n) is 3.24. The first-order chi connectivity index (χ1) is 9.25. The van der Waals surface area contributed by atoms with Crippen molar-refractivity contribution >= 4 is 5.52 Å². The van der Waals surface area contributed by atoms with E-state index in [1.54, 1.807) is 23.0 Å². The molecule has 0 aliphatic heterocycles. The molecule has 3 rings (SSSR count). The van der Waals surface area contributed by atoms with Crippen molar-refractivity contribution in [2.24, 2.45) is 0 Å². The quantitative estimate of drug-likeness (QED) is 0.703. The Bertz CT molecular complexity index is 752. The van der Waals surface area contributed by atoms with Gasteiger partial charge in [-0.25, -0.2) is 9.67 Å². The van der Waals surface area contributed by atoms with Gasteiger partial charge in [0, 0.05) is 31.7 Å². The Morgan fingerprint density at radius 2 is 2.16 bits per heavy atom. The first-order valence-electron chi connectivity index (χ1n) is 6.26. The molecule has 0 bridgehead atoms. The van der Waals surface area contributed by atoms with Gasteiger partial charge in [-0.3, -0.25) is 4.79 Å². The molecule has 0 fully saturated rings. The van der Waals surface area contributed by atoms with Crippen LogP contribution in [0.2, 0.25) is 0 Å². The van der Waals surface area contributed by atoms with Gasteiger partial charge in [-0.15, -0.1) is 0 Å². The lowest BCUT2D eigenvalue weighted by Gasteiger charge is -2.07. The van der Waals surface area contributed by atoms with Gasteiger partial charge in [0.1, 0.15) is 17.7 Å². The number of imidazole rings is 1. The lowest BCUT2D eigenvalue weighted by molar-refractivity contribution is 0.499. The average Bonchev–Trinajstić information content (AvgIpc) is 3.02. The van der Waals surface area contributed by atoms with Crippen LogP contribution < -0.4 is 5.56 Å². The molecule has 0 saturated carbocycles. The van der Waals surface area contributed by atoms with Gasteiger partial charge >= 0.3 is 0 Å². The zero-order chi connectivity index (χ0) is 13.2. The highest BCUT2D eigenvalue weighted by atomic mass is 16.1. The molecule has 0 amide bonds. The molecule has 19 heavy (non-hydrogen) atoms. The van der Waals surface area contributed by atoms with Crippen LogP contribution in [0, 0.1) is 6.92 Å². The van der Waals surface area contributed by atoms with Crippen LogP contribution in [0.15, 0.2) is 41.8 Å². The lowest BCUT2D eigenvalue weighted by Crippen LogP contribution is -2.24. The minimum atomic E-state index is -0.0464. The van der Waals surface area contributed by atoms with Crippen molar-refractivity contribution in [1.82, 2.24) is 23.7 Å². The minimum Gasteiger partial charge on any atom is -0.335 e. The maximum Gasteiger partial charge on any atom is 0.290 e. The summed E-state index contributed by atoms with van der Waals surface area (Å²) in [7, 11) is 0. The summed E-state index contributed by atoms with van der Waals surface area (Å²) in [6.45, 7) is 3.42. The van der Waals surface area contributed by atoms with E-state index in [9.17, 15) is 4.79 Å². The van der Waals surface area contributed by atoms with Gasteiger partial charge in [-0.1, -0.05) is 0 Å². The summed E-state index contributed by atoms with van der Waals surface area (Å²) in [6, 6.07) is 3.65. The Hall–Kier alpha value is -2.37. The molecule has 0 spiro atoms. The average molecular weight is 257 g/mol. The molecule has 6 heteroatoms. The Morgan fingerprint density at radius 1 is 1.26 bits per heavy atom. The summed E-state index contributed by atoms with van der Waals surface area (Å²) >= 11 is 0. The number of aromatic nitrogens is 5. The van der Waals surface area contributed by atoms with E-state index in [0.717, 1.165) is 18.8 Å². The Morgan fingerprint density at radius 3 is 2.95 bits per heavy atom. The molecule has 6 nitrogen and oxygen atoms in total. The van der Waals surface area contributed by atoms with Crippen LogP contribution >= 0.6 is 0 Å². The summed E-state index contributed by atoms with van der Waals surface area (Å²) in [5.74, 6) is 0.988. The van der Waals surface area contributed by atoms with Crippen LogP contribution in [0.5, 0.6) is 0 Å². The standard InChI is InChI=1S/C13H15N5O/c1-11-14-5-9-16(11)7-3-8-18-13(19)12-4-2-6-17(12)10-15-18/h2,4-6,9-10H,3,7-8H2,1H3. The Kier molecular flexibility index (Phi) is 2.91. The first kappa shape index (κ1) is 11.7. The number of hydrogen-bond acceptors (Lipinski definition) is 3. The van der Waals surface area contributed by atoms with E-state index in [-0.39, 0.29) is 5.56 Å². The van der Waals surface area contributed by atoms with E-state index in [2.05, 4.69) is 14.6 Å². The highest BCUT2D eigenvalue weighted by Crippen LogP contribution is 1.99. The van der Waals surface area contributed by atoms with Crippen molar-refractivity contribution in [3.8, 4) is 0 Å². The summed E-state index contributed by atoms with van der Waals surface area (Å²) in [6.07, 6.45) is 8.07. The van der Waals surface area contributed by atoms with Gasteiger partial charge in [0.25, 0.3) is 5.56 Å². The minimum absolute atomic E-state index is 0.0464. The lowest BCUT2D eigenvalue weighted by atomic mass is 10.4. The molecule has 0 unspecified atom stereocenters. The van der Waals surface area contributed by atoms with Crippen molar-refractivity contribution < 1.29 is 0 Å². The summed E-state index contributed by atoms with van der Waals surface area (Å²) in [5, 5.41) is 4.16. The van der Waals surface area contributed by atoms with E-state index in [1.165, 1.54) is 4.68 Å². The van der Waals surface area contributed by atoms with Gasteiger partial charge in [0.05, 0.1) is 0 Å². The van der Waals surface area contributed by atoms with Gasteiger partial charge in [-0.2, -0.15) is 5.10 Å². The molecular weight excluding hydrogens is 242 g/mol. The van der Waals surface area contributed by atoms with Crippen molar-refractivity contribution in [2.75, 3.05) is 0 Å². The molecule has 0 atom stereocenters. The smallest absolute Gasteiger partial charge is 0.290 e. The molecule has 0 aromatic carbocycles. The number of rotatable bonds is 4. The van der Waals surface area contributed by atoms with E-state index < -0.39 is 0 Å². The molecule has 0 aliphatic rings. The Balaban J connectivity index is 1.73. The third kappa shape index (κ3) is 2.16.